The summed E-state index contributed by atoms with van der Waals surface area (Å²) in [5.41, 5.74) is -0.238. The van der Waals surface area contributed by atoms with Crippen molar-refractivity contribution in [3.8, 4) is 0 Å². The molecule has 2 rings (SSSR count). The number of thioether (sulfide) groups is 1. The molecule has 1 fully saturated rings. The van der Waals surface area contributed by atoms with Crippen LogP contribution in [0.25, 0.3) is 0 Å². The van der Waals surface area contributed by atoms with Gasteiger partial charge < -0.3 is 5.32 Å². The number of nitrogens with one attached hydrogen (secondary N) is 1. The lowest BCUT2D eigenvalue weighted by molar-refractivity contribution is -0.137. The Kier molecular flexibility index (Phi) is 4.80. The van der Waals surface area contributed by atoms with E-state index in [1.54, 1.807) is 13.0 Å². The Morgan fingerprint density at radius 3 is 2.43 bits per heavy atom. The SMILES string of the molecule is CC(C)C1(C)SC(=N[C@@H](C)c2cccc(C(F)(F)F)c2)NC1=O. The zero-order chi connectivity index (χ0) is 17.4. The fraction of sp³-hybridized carbons (Fsp3) is 0.500. The Morgan fingerprint density at radius 2 is 1.91 bits per heavy atom. The Bertz CT molecular complexity index is 642. The summed E-state index contributed by atoms with van der Waals surface area (Å²) in [6.45, 7) is 7.45. The first-order valence-corrected chi connectivity index (χ1v) is 8.11. The van der Waals surface area contributed by atoms with Crippen molar-refractivity contribution in [2.45, 2.75) is 44.7 Å². The van der Waals surface area contributed by atoms with Crippen LogP contribution in [0.15, 0.2) is 29.3 Å². The fourth-order valence-corrected chi connectivity index (χ4v) is 3.29. The molecule has 3 nitrogen and oxygen atoms in total. The molecule has 1 amide bonds. The first kappa shape index (κ1) is 17.8. The summed E-state index contributed by atoms with van der Waals surface area (Å²) < 4.78 is 37.7. The number of hydrogen-bond acceptors (Lipinski definition) is 3. The molecule has 7 heteroatoms. The molecule has 0 bridgehead atoms. The Balaban J connectivity index is 2.23. The van der Waals surface area contributed by atoms with Crippen molar-refractivity contribution in [3.63, 3.8) is 0 Å². The molecule has 2 atom stereocenters. The number of carbonyl (C=O) groups is 1. The topological polar surface area (TPSA) is 41.5 Å². The second-order valence-corrected chi connectivity index (χ2v) is 7.49. The van der Waals surface area contributed by atoms with Crippen LogP contribution in [0.3, 0.4) is 0 Å². The lowest BCUT2D eigenvalue weighted by atomic mass is 9.96. The van der Waals surface area contributed by atoms with Crippen molar-refractivity contribution in [3.05, 3.63) is 35.4 Å². The maximum Gasteiger partial charge on any atom is 0.416 e. The molecule has 1 N–H and O–H groups in total. The van der Waals surface area contributed by atoms with E-state index in [0.717, 1.165) is 12.1 Å². The van der Waals surface area contributed by atoms with Crippen LogP contribution in [0.2, 0.25) is 0 Å². The quantitative estimate of drug-likeness (QED) is 0.883. The summed E-state index contributed by atoms with van der Waals surface area (Å²) in [5.74, 6) is -0.00319. The third kappa shape index (κ3) is 3.71. The van der Waals surface area contributed by atoms with Crippen molar-refractivity contribution >= 4 is 22.8 Å². The predicted molar refractivity (Wildman–Crippen MR) is 86.3 cm³/mol. The second kappa shape index (κ2) is 6.19. The highest BCUT2D eigenvalue weighted by atomic mass is 32.2. The van der Waals surface area contributed by atoms with Crippen LogP contribution >= 0.6 is 11.8 Å². The zero-order valence-electron chi connectivity index (χ0n) is 13.4. The summed E-state index contributed by atoms with van der Waals surface area (Å²) in [6.07, 6.45) is -4.38. The average Bonchev–Trinajstić information content (AvgIpc) is 2.74. The maximum atomic E-state index is 12.8. The van der Waals surface area contributed by atoms with Crippen molar-refractivity contribution in [1.82, 2.24) is 5.32 Å². The predicted octanol–water partition coefficient (Wildman–Crippen LogP) is 4.40. The molecule has 126 valence electrons. The van der Waals surface area contributed by atoms with E-state index in [-0.39, 0.29) is 11.8 Å². The van der Waals surface area contributed by atoms with Crippen LogP contribution in [0, 0.1) is 5.92 Å². The molecule has 1 aliphatic rings. The Morgan fingerprint density at radius 1 is 1.26 bits per heavy atom. The molecule has 1 aliphatic heterocycles. The van der Waals surface area contributed by atoms with Gasteiger partial charge in [0.1, 0.15) is 4.75 Å². The Labute approximate surface area is 137 Å². The number of hydrogen-bond donors (Lipinski definition) is 1. The summed E-state index contributed by atoms with van der Waals surface area (Å²) in [7, 11) is 0. The van der Waals surface area contributed by atoms with E-state index in [1.807, 2.05) is 20.8 Å². The maximum absolute atomic E-state index is 12.8. The minimum absolute atomic E-state index is 0.115. The lowest BCUT2D eigenvalue weighted by Crippen LogP contribution is -2.38. The molecule has 0 aromatic heterocycles. The highest BCUT2D eigenvalue weighted by molar-refractivity contribution is 8.16. The third-order valence-corrected chi connectivity index (χ3v) is 5.57. The molecule has 0 radical (unpaired) electrons. The summed E-state index contributed by atoms with van der Waals surface area (Å²) in [5, 5.41) is 3.18. The van der Waals surface area contributed by atoms with Gasteiger partial charge in [-0.25, -0.2) is 0 Å². The number of alkyl halides is 3. The minimum atomic E-state index is -4.38. The van der Waals surface area contributed by atoms with Crippen molar-refractivity contribution < 1.29 is 18.0 Å². The van der Waals surface area contributed by atoms with Crippen molar-refractivity contribution in [2.24, 2.45) is 10.9 Å². The number of carbonyl (C=O) groups excluding carboxylic acids is 1. The molecular formula is C16H19F3N2OS. The number of amidine groups is 1. The number of nitrogens with zero attached hydrogens (tertiary/aromatic N) is 1. The largest absolute Gasteiger partial charge is 0.416 e. The molecule has 23 heavy (non-hydrogen) atoms. The van der Waals surface area contributed by atoms with Gasteiger partial charge in [-0.2, -0.15) is 13.2 Å². The van der Waals surface area contributed by atoms with Gasteiger partial charge in [0.15, 0.2) is 5.17 Å². The smallest absolute Gasteiger partial charge is 0.304 e. The van der Waals surface area contributed by atoms with Crippen LogP contribution in [-0.4, -0.2) is 15.8 Å². The zero-order valence-corrected chi connectivity index (χ0v) is 14.2. The molecule has 1 aromatic rings. The highest BCUT2D eigenvalue weighted by Gasteiger charge is 2.45. The molecule has 0 aliphatic carbocycles. The molecule has 0 saturated carbocycles. The number of benzene rings is 1. The molecular weight excluding hydrogens is 325 g/mol. The normalized spacial score (nSPS) is 25.0. The number of aliphatic imine (C=N–C) groups is 1. The van der Waals surface area contributed by atoms with E-state index in [2.05, 4.69) is 10.3 Å². The third-order valence-electron chi connectivity index (χ3n) is 4.09. The van der Waals surface area contributed by atoms with E-state index >= 15 is 0 Å². The monoisotopic (exact) mass is 344 g/mol. The summed E-state index contributed by atoms with van der Waals surface area (Å²) >= 11 is 1.33. The van der Waals surface area contributed by atoms with Gasteiger partial charge in [0.2, 0.25) is 5.91 Å². The van der Waals surface area contributed by atoms with Gasteiger partial charge in [0.25, 0.3) is 0 Å². The van der Waals surface area contributed by atoms with Gasteiger partial charge in [-0.1, -0.05) is 37.7 Å². The van der Waals surface area contributed by atoms with Crippen LogP contribution in [0.1, 0.15) is 44.9 Å². The fourth-order valence-electron chi connectivity index (χ4n) is 2.16. The van der Waals surface area contributed by atoms with Crippen LogP contribution < -0.4 is 5.32 Å². The van der Waals surface area contributed by atoms with Gasteiger partial charge >= 0.3 is 6.18 Å². The van der Waals surface area contributed by atoms with Gasteiger partial charge in [0, 0.05) is 0 Å². The van der Waals surface area contributed by atoms with Gasteiger partial charge in [-0.05, 0) is 37.5 Å². The molecule has 1 heterocycles. The van der Waals surface area contributed by atoms with Gasteiger partial charge in [-0.15, -0.1) is 0 Å². The standard InChI is InChI=1S/C16H19F3N2OS/c1-9(2)15(4)13(22)21-14(23-15)20-10(3)11-6-5-7-12(8-11)16(17,18)19/h5-10H,1-4H3,(H,20,21,22)/t10-,15?/m0/s1. The first-order valence-electron chi connectivity index (χ1n) is 7.29. The number of halogens is 3. The first-order chi connectivity index (χ1) is 10.5. The molecule has 1 unspecified atom stereocenters. The van der Waals surface area contributed by atoms with E-state index in [1.165, 1.54) is 17.8 Å². The second-order valence-electron chi connectivity index (χ2n) is 6.05. The van der Waals surface area contributed by atoms with E-state index < -0.39 is 22.5 Å². The average molecular weight is 344 g/mol. The number of amides is 1. The molecule has 0 spiro atoms. The van der Waals surface area contributed by atoms with Crippen LogP contribution in [-0.2, 0) is 11.0 Å². The molecule has 1 aromatic carbocycles. The van der Waals surface area contributed by atoms with E-state index in [4.69, 9.17) is 0 Å². The summed E-state index contributed by atoms with van der Waals surface area (Å²) in [4.78, 5) is 16.5. The molecule has 1 saturated heterocycles. The van der Waals surface area contributed by atoms with Gasteiger partial charge in [-0.3, -0.25) is 9.79 Å². The minimum Gasteiger partial charge on any atom is -0.304 e. The van der Waals surface area contributed by atoms with Gasteiger partial charge in [0.05, 0.1) is 11.6 Å². The van der Waals surface area contributed by atoms with Crippen molar-refractivity contribution in [2.75, 3.05) is 0 Å². The number of rotatable bonds is 3. The van der Waals surface area contributed by atoms with E-state index in [0.29, 0.717) is 10.7 Å². The van der Waals surface area contributed by atoms with E-state index in [9.17, 15) is 18.0 Å². The lowest BCUT2D eigenvalue weighted by Gasteiger charge is -2.22. The van der Waals surface area contributed by atoms with Crippen LogP contribution in [0.5, 0.6) is 0 Å². The van der Waals surface area contributed by atoms with Crippen molar-refractivity contribution in [1.29, 1.82) is 0 Å². The highest BCUT2D eigenvalue weighted by Crippen LogP contribution is 2.39. The Hall–Kier alpha value is -1.50. The van der Waals surface area contributed by atoms with Crippen LogP contribution in [0.4, 0.5) is 13.2 Å². The summed E-state index contributed by atoms with van der Waals surface area (Å²) in [6, 6.07) is 4.62.